The van der Waals surface area contributed by atoms with Crippen molar-refractivity contribution in [1.82, 2.24) is 0 Å². The monoisotopic (exact) mass is 327 g/mol. The molecule has 0 aliphatic carbocycles. The molecule has 0 fully saturated rings. The van der Waals surface area contributed by atoms with Gasteiger partial charge in [-0.2, -0.15) is 0 Å². The highest BCUT2D eigenvalue weighted by atomic mass is 35.5. The zero-order valence-electron chi connectivity index (χ0n) is 10.4. The third-order valence-electron chi connectivity index (χ3n) is 3.42. The van der Waals surface area contributed by atoms with Crippen molar-refractivity contribution in [2.24, 2.45) is 5.73 Å². The molecule has 2 aromatic rings. The van der Waals surface area contributed by atoms with Gasteiger partial charge in [0.05, 0.1) is 0 Å². The second-order valence-electron chi connectivity index (χ2n) is 4.80. The quantitative estimate of drug-likeness (QED) is 0.783. The molecule has 104 valence electrons. The second kappa shape index (κ2) is 5.45. The number of hydrogen-bond acceptors (Lipinski definition) is 2. The maximum atomic E-state index is 6.24. The van der Waals surface area contributed by atoms with Crippen molar-refractivity contribution in [3.05, 3.63) is 62.6 Å². The molecule has 1 aliphatic heterocycles. The number of rotatable bonds is 1. The van der Waals surface area contributed by atoms with Crippen LogP contribution in [-0.2, 0) is 0 Å². The molecule has 2 aromatic carbocycles. The molecule has 2 unspecified atom stereocenters. The van der Waals surface area contributed by atoms with Gasteiger partial charge < -0.3 is 10.5 Å². The average molecular weight is 329 g/mol. The second-order valence-corrected chi connectivity index (χ2v) is 6.08. The fourth-order valence-electron chi connectivity index (χ4n) is 2.43. The standard InChI is InChI=1S/C15H12Cl3NO/c16-8-2-4-14-11(5-8)13(19)7-15(20-14)10-3-1-9(17)6-12(10)18/h1-6,13,15H,7,19H2. The van der Waals surface area contributed by atoms with E-state index < -0.39 is 0 Å². The number of ether oxygens (including phenoxy) is 1. The van der Waals surface area contributed by atoms with Crippen LogP contribution >= 0.6 is 34.8 Å². The molecule has 0 amide bonds. The predicted octanol–water partition coefficient (Wildman–Crippen LogP) is 5.17. The first-order valence-electron chi connectivity index (χ1n) is 6.21. The van der Waals surface area contributed by atoms with E-state index in [1.807, 2.05) is 18.2 Å². The summed E-state index contributed by atoms with van der Waals surface area (Å²) in [5.74, 6) is 0.754. The van der Waals surface area contributed by atoms with Crippen LogP contribution in [0.4, 0.5) is 0 Å². The van der Waals surface area contributed by atoms with Crippen LogP contribution in [0.1, 0.15) is 29.7 Å². The Kier molecular flexibility index (Phi) is 3.83. The maximum absolute atomic E-state index is 6.24. The Hall–Kier alpha value is -0.930. The molecule has 2 N–H and O–H groups in total. The highest BCUT2D eigenvalue weighted by molar-refractivity contribution is 6.35. The summed E-state index contributed by atoms with van der Waals surface area (Å²) in [5.41, 5.74) is 8.04. The molecule has 20 heavy (non-hydrogen) atoms. The topological polar surface area (TPSA) is 35.2 Å². The smallest absolute Gasteiger partial charge is 0.127 e. The Morgan fingerprint density at radius 2 is 1.65 bits per heavy atom. The van der Waals surface area contributed by atoms with Crippen molar-refractivity contribution in [2.45, 2.75) is 18.6 Å². The Labute approximate surface area is 132 Å². The van der Waals surface area contributed by atoms with Crippen LogP contribution in [0.5, 0.6) is 5.75 Å². The van der Waals surface area contributed by atoms with Gasteiger partial charge in [-0.25, -0.2) is 0 Å². The average Bonchev–Trinajstić information content (AvgIpc) is 2.39. The summed E-state index contributed by atoms with van der Waals surface area (Å²) in [6.07, 6.45) is 0.470. The Morgan fingerprint density at radius 1 is 0.950 bits per heavy atom. The van der Waals surface area contributed by atoms with Crippen LogP contribution in [0.3, 0.4) is 0 Å². The van der Waals surface area contributed by atoms with Gasteiger partial charge in [0.1, 0.15) is 11.9 Å². The third kappa shape index (κ3) is 2.61. The summed E-state index contributed by atoms with van der Waals surface area (Å²) in [7, 11) is 0. The summed E-state index contributed by atoms with van der Waals surface area (Å²) < 4.78 is 6.00. The van der Waals surface area contributed by atoms with Crippen molar-refractivity contribution in [3.63, 3.8) is 0 Å². The normalized spacial score (nSPS) is 21.2. The molecule has 1 heterocycles. The predicted molar refractivity (Wildman–Crippen MR) is 82.8 cm³/mol. The van der Waals surface area contributed by atoms with E-state index in [2.05, 4.69) is 0 Å². The number of nitrogens with two attached hydrogens (primary N) is 1. The van der Waals surface area contributed by atoms with Crippen molar-refractivity contribution in [1.29, 1.82) is 0 Å². The summed E-state index contributed by atoms with van der Waals surface area (Å²) in [4.78, 5) is 0. The summed E-state index contributed by atoms with van der Waals surface area (Å²) in [6, 6.07) is 10.7. The Balaban J connectivity index is 1.97. The number of benzene rings is 2. The van der Waals surface area contributed by atoms with Crippen LogP contribution in [0, 0.1) is 0 Å². The van der Waals surface area contributed by atoms with Crippen molar-refractivity contribution in [3.8, 4) is 5.75 Å². The van der Waals surface area contributed by atoms with E-state index in [4.69, 9.17) is 45.3 Å². The van der Waals surface area contributed by atoms with Gasteiger partial charge in [-0.3, -0.25) is 0 Å². The lowest BCUT2D eigenvalue weighted by atomic mass is 9.93. The van der Waals surface area contributed by atoms with E-state index in [-0.39, 0.29) is 12.1 Å². The molecule has 3 rings (SSSR count). The fourth-order valence-corrected chi connectivity index (χ4v) is 3.14. The van der Waals surface area contributed by atoms with Crippen molar-refractivity contribution >= 4 is 34.8 Å². The molecule has 2 nitrogen and oxygen atoms in total. The van der Waals surface area contributed by atoms with Crippen molar-refractivity contribution < 1.29 is 4.74 Å². The molecule has 1 aliphatic rings. The van der Waals surface area contributed by atoms with Gasteiger partial charge in [-0.1, -0.05) is 40.9 Å². The zero-order valence-corrected chi connectivity index (χ0v) is 12.7. The van der Waals surface area contributed by atoms with Crippen LogP contribution in [0.25, 0.3) is 0 Å². The van der Waals surface area contributed by atoms with E-state index in [1.54, 1.807) is 18.2 Å². The Bertz CT molecular complexity index is 660. The highest BCUT2D eigenvalue weighted by Crippen LogP contribution is 2.42. The third-order valence-corrected chi connectivity index (χ3v) is 4.22. The maximum Gasteiger partial charge on any atom is 0.127 e. The lowest BCUT2D eigenvalue weighted by Gasteiger charge is -2.31. The summed E-state index contributed by atoms with van der Waals surface area (Å²) >= 11 is 18.1. The van der Waals surface area contributed by atoms with Gasteiger partial charge in [0, 0.05) is 38.7 Å². The first-order chi connectivity index (χ1) is 9.54. The number of halogens is 3. The van der Waals surface area contributed by atoms with Gasteiger partial charge in [0.15, 0.2) is 0 Å². The van der Waals surface area contributed by atoms with E-state index in [0.29, 0.717) is 21.5 Å². The summed E-state index contributed by atoms with van der Waals surface area (Å²) in [5, 5.41) is 1.85. The molecular weight excluding hydrogens is 317 g/mol. The molecule has 0 aromatic heterocycles. The van der Waals surface area contributed by atoms with Gasteiger partial charge in [0.2, 0.25) is 0 Å². The van der Waals surface area contributed by atoms with Crippen LogP contribution in [0.15, 0.2) is 36.4 Å². The minimum absolute atomic E-state index is 0.130. The molecule has 0 spiro atoms. The minimum atomic E-state index is -0.177. The van der Waals surface area contributed by atoms with E-state index in [0.717, 1.165) is 16.9 Å². The van der Waals surface area contributed by atoms with Crippen LogP contribution in [0.2, 0.25) is 15.1 Å². The fraction of sp³-hybridized carbons (Fsp3) is 0.200. The molecule has 0 bridgehead atoms. The Morgan fingerprint density at radius 3 is 2.40 bits per heavy atom. The van der Waals surface area contributed by atoms with Crippen LogP contribution in [-0.4, -0.2) is 0 Å². The highest BCUT2D eigenvalue weighted by Gasteiger charge is 2.28. The molecular formula is C15H12Cl3NO. The first-order valence-corrected chi connectivity index (χ1v) is 7.34. The van der Waals surface area contributed by atoms with Gasteiger partial charge >= 0.3 is 0 Å². The van der Waals surface area contributed by atoms with E-state index in [9.17, 15) is 0 Å². The first kappa shape index (κ1) is 14.0. The molecule has 0 saturated carbocycles. The van der Waals surface area contributed by atoms with Crippen LogP contribution < -0.4 is 10.5 Å². The number of fused-ring (bicyclic) bond motifs is 1. The summed E-state index contributed by atoms with van der Waals surface area (Å²) in [6.45, 7) is 0. The molecule has 0 saturated heterocycles. The largest absolute Gasteiger partial charge is 0.485 e. The van der Waals surface area contributed by atoms with Crippen molar-refractivity contribution in [2.75, 3.05) is 0 Å². The molecule has 2 atom stereocenters. The van der Waals surface area contributed by atoms with Gasteiger partial charge in [0.25, 0.3) is 0 Å². The number of hydrogen-bond donors (Lipinski definition) is 1. The van der Waals surface area contributed by atoms with E-state index in [1.165, 1.54) is 0 Å². The molecule has 0 radical (unpaired) electrons. The lowest BCUT2D eigenvalue weighted by molar-refractivity contribution is 0.161. The van der Waals surface area contributed by atoms with Gasteiger partial charge in [-0.15, -0.1) is 0 Å². The van der Waals surface area contributed by atoms with E-state index >= 15 is 0 Å². The lowest BCUT2D eigenvalue weighted by Crippen LogP contribution is -2.24. The SMILES string of the molecule is NC1CC(c2ccc(Cl)cc2Cl)Oc2ccc(Cl)cc21. The minimum Gasteiger partial charge on any atom is -0.485 e. The zero-order chi connectivity index (χ0) is 14.3. The van der Waals surface area contributed by atoms with Gasteiger partial charge in [-0.05, 0) is 30.3 Å². The molecule has 5 heteroatoms.